The van der Waals surface area contributed by atoms with Crippen LogP contribution in [-0.2, 0) is 6.54 Å². The topological polar surface area (TPSA) is 57.2 Å². The zero-order valence-electron chi connectivity index (χ0n) is 16.3. The van der Waals surface area contributed by atoms with Gasteiger partial charge >= 0.3 is 0 Å². The normalized spacial score (nSPS) is 17.5. The van der Waals surface area contributed by atoms with Crippen molar-refractivity contribution in [3.63, 3.8) is 0 Å². The Morgan fingerprint density at radius 3 is 2.53 bits per heavy atom. The highest BCUT2D eigenvalue weighted by Crippen LogP contribution is 2.33. The van der Waals surface area contributed by atoms with Gasteiger partial charge in [0.15, 0.2) is 11.6 Å². The van der Waals surface area contributed by atoms with E-state index in [-0.39, 0.29) is 0 Å². The molecule has 9 heteroatoms. The highest BCUT2D eigenvalue weighted by Gasteiger charge is 2.27. The summed E-state index contributed by atoms with van der Waals surface area (Å²) in [5.41, 5.74) is 2.46. The molecule has 3 heterocycles. The van der Waals surface area contributed by atoms with Crippen molar-refractivity contribution >= 4 is 57.5 Å². The number of aromatic nitrogens is 3. The predicted octanol–water partition coefficient (Wildman–Crippen LogP) is 4.88. The second-order valence-corrected chi connectivity index (χ2v) is 9.05. The van der Waals surface area contributed by atoms with Crippen LogP contribution in [0.1, 0.15) is 18.4 Å². The molecule has 1 aromatic carbocycles. The maximum atomic E-state index is 6.34. The first kappa shape index (κ1) is 20.1. The van der Waals surface area contributed by atoms with Crippen molar-refractivity contribution in [2.75, 3.05) is 36.4 Å². The molecule has 0 unspecified atom stereocenters. The van der Waals surface area contributed by atoms with Crippen molar-refractivity contribution in [3.05, 3.63) is 51.2 Å². The molecule has 1 N–H and O–H groups in total. The molecule has 5 rings (SSSR count). The molecule has 3 aromatic rings. The number of nitrogens with zero attached hydrogens (tertiary/aromatic N) is 5. The third-order valence-electron chi connectivity index (χ3n) is 5.51. The lowest BCUT2D eigenvalue weighted by molar-refractivity contribution is 0.249. The molecular formula is C21H21Cl3N6. The summed E-state index contributed by atoms with van der Waals surface area (Å²) >= 11 is 18.8. The van der Waals surface area contributed by atoms with Crippen molar-refractivity contribution < 1.29 is 0 Å². The SMILES string of the molecule is Clc1ccc(Cl)c(CN2CCN(c3nc4cncc(Cl)c4nc3NC3CC3)CC2)c1. The minimum absolute atomic E-state index is 0.474. The standard InChI is InChI=1S/C21H21Cl3N6/c22-14-1-4-16(23)13(9-14)12-29-5-7-30(8-6-29)21-20(26-15-2-3-15)28-19-17(24)10-25-11-18(19)27-21/h1,4,9-11,15H,2-3,5-8,12H2,(H,26,28). The van der Waals surface area contributed by atoms with Gasteiger partial charge in [-0.25, -0.2) is 9.97 Å². The minimum atomic E-state index is 0.474. The van der Waals surface area contributed by atoms with E-state index >= 15 is 0 Å². The van der Waals surface area contributed by atoms with E-state index < -0.39 is 0 Å². The maximum absolute atomic E-state index is 6.34. The smallest absolute Gasteiger partial charge is 0.172 e. The number of anilines is 2. The minimum Gasteiger partial charge on any atom is -0.364 e. The Morgan fingerprint density at radius 1 is 0.967 bits per heavy atom. The first-order valence-electron chi connectivity index (χ1n) is 10.1. The van der Waals surface area contributed by atoms with E-state index in [2.05, 4.69) is 20.1 Å². The molecule has 1 aliphatic heterocycles. The first-order chi connectivity index (χ1) is 14.6. The number of halogens is 3. The average molecular weight is 464 g/mol. The van der Waals surface area contributed by atoms with E-state index in [1.54, 1.807) is 12.4 Å². The molecule has 156 valence electrons. The van der Waals surface area contributed by atoms with Crippen LogP contribution < -0.4 is 10.2 Å². The molecule has 0 amide bonds. The molecule has 1 aliphatic carbocycles. The van der Waals surface area contributed by atoms with Crippen LogP contribution in [-0.4, -0.2) is 52.1 Å². The molecule has 1 saturated heterocycles. The summed E-state index contributed by atoms with van der Waals surface area (Å²) < 4.78 is 0. The average Bonchev–Trinajstić information content (AvgIpc) is 3.56. The summed E-state index contributed by atoms with van der Waals surface area (Å²) in [7, 11) is 0. The molecule has 1 saturated carbocycles. The summed E-state index contributed by atoms with van der Waals surface area (Å²) in [4.78, 5) is 18.5. The van der Waals surface area contributed by atoms with Crippen LogP contribution >= 0.6 is 34.8 Å². The van der Waals surface area contributed by atoms with E-state index in [4.69, 9.17) is 44.8 Å². The number of rotatable bonds is 5. The second-order valence-electron chi connectivity index (χ2n) is 7.80. The fourth-order valence-corrected chi connectivity index (χ4v) is 4.27. The van der Waals surface area contributed by atoms with E-state index in [9.17, 15) is 0 Å². The summed E-state index contributed by atoms with van der Waals surface area (Å²) in [6.45, 7) is 4.29. The summed E-state index contributed by atoms with van der Waals surface area (Å²) in [5, 5.41) is 5.51. The van der Waals surface area contributed by atoms with E-state index in [1.807, 2.05) is 18.2 Å². The molecule has 0 radical (unpaired) electrons. The Bertz CT molecular complexity index is 1080. The van der Waals surface area contributed by atoms with E-state index in [0.29, 0.717) is 27.1 Å². The Kier molecular flexibility index (Phi) is 5.58. The number of benzene rings is 1. The molecule has 2 aromatic heterocycles. The van der Waals surface area contributed by atoms with Crippen molar-refractivity contribution in [3.8, 4) is 0 Å². The van der Waals surface area contributed by atoms with Crippen molar-refractivity contribution in [2.45, 2.75) is 25.4 Å². The number of nitrogens with one attached hydrogen (secondary N) is 1. The Morgan fingerprint density at radius 2 is 1.77 bits per heavy atom. The Labute approximate surface area is 190 Å². The number of hydrogen-bond donors (Lipinski definition) is 1. The van der Waals surface area contributed by atoms with Gasteiger partial charge in [0.05, 0.1) is 11.2 Å². The Balaban J connectivity index is 1.35. The van der Waals surface area contributed by atoms with Crippen LogP contribution in [0, 0.1) is 0 Å². The van der Waals surface area contributed by atoms with Crippen LogP contribution in [0.5, 0.6) is 0 Å². The Hall–Kier alpha value is -1.86. The van der Waals surface area contributed by atoms with Gasteiger partial charge in [0, 0.05) is 55.0 Å². The molecular weight excluding hydrogens is 443 g/mol. The van der Waals surface area contributed by atoms with Crippen molar-refractivity contribution in [1.29, 1.82) is 0 Å². The highest BCUT2D eigenvalue weighted by atomic mass is 35.5. The summed E-state index contributed by atoms with van der Waals surface area (Å²) in [6, 6.07) is 6.09. The summed E-state index contributed by atoms with van der Waals surface area (Å²) in [5.74, 6) is 1.68. The van der Waals surface area contributed by atoms with Gasteiger partial charge in [0.2, 0.25) is 0 Å². The largest absolute Gasteiger partial charge is 0.364 e. The number of pyridine rings is 1. The first-order valence-corrected chi connectivity index (χ1v) is 11.2. The zero-order chi connectivity index (χ0) is 20.7. The fourth-order valence-electron chi connectivity index (χ4n) is 3.70. The number of piperazine rings is 1. The van der Waals surface area contributed by atoms with E-state index in [1.165, 1.54) is 0 Å². The fraction of sp³-hybridized carbons (Fsp3) is 0.381. The number of hydrogen-bond acceptors (Lipinski definition) is 6. The van der Waals surface area contributed by atoms with Gasteiger partial charge in [-0.2, -0.15) is 0 Å². The molecule has 0 bridgehead atoms. The lowest BCUT2D eigenvalue weighted by atomic mass is 10.2. The van der Waals surface area contributed by atoms with Gasteiger partial charge in [-0.05, 0) is 36.6 Å². The monoisotopic (exact) mass is 462 g/mol. The lowest BCUT2D eigenvalue weighted by Crippen LogP contribution is -2.46. The van der Waals surface area contributed by atoms with Crippen LogP contribution in [0.2, 0.25) is 15.1 Å². The quantitative estimate of drug-likeness (QED) is 0.582. The van der Waals surface area contributed by atoms with Gasteiger partial charge in [-0.15, -0.1) is 0 Å². The van der Waals surface area contributed by atoms with Gasteiger partial charge in [-0.3, -0.25) is 9.88 Å². The molecule has 2 aliphatic rings. The summed E-state index contributed by atoms with van der Waals surface area (Å²) in [6.07, 6.45) is 5.66. The molecule has 2 fully saturated rings. The van der Waals surface area contributed by atoms with Crippen LogP contribution in [0.25, 0.3) is 11.0 Å². The van der Waals surface area contributed by atoms with Crippen molar-refractivity contribution in [1.82, 2.24) is 19.9 Å². The predicted molar refractivity (Wildman–Crippen MR) is 123 cm³/mol. The molecule has 30 heavy (non-hydrogen) atoms. The van der Waals surface area contributed by atoms with Gasteiger partial charge in [0.25, 0.3) is 0 Å². The van der Waals surface area contributed by atoms with Gasteiger partial charge in [0.1, 0.15) is 11.0 Å². The van der Waals surface area contributed by atoms with Crippen molar-refractivity contribution in [2.24, 2.45) is 0 Å². The third-order valence-corrected chi connectivity index (χ3v) is 6.39. The van der Waals surface area contributed by atoms with E-state index in [0.717, 1.165) is 67.8 Å². The maximum Gasteiger partial charge on any atom is 0.172 e. The second kappa shape index (κ2) is 8.35. The number of fused-ring (bicyclic) bond motifs is 1. The molecule has 0 atom stereocenters. The zero-order valence-corrected chi connectivity index (χ0v) is 18.6. The third kappa shape index (κ3) is 4.28. The van der Waals surface area contributed by atoms with Crippen LogP contribution in [0.15, 0.2) is 30.6 Å². The van der Waals surface area contributed by atoms with Gasteiger partial charge in [-0.1, -0.05) is 34.8 Å². The van der Waals surface area contributed by atoms with Gasteiger partial charge < -0.3 is 10.2 Å². The lowest BCUT2D eigenvalue weighted by Gasteiger charge is -2.36. The molecule has 0 spiro atoms. The van der Waals surface area contributed by atoms with Crippen LogP contribution in [0.3, 0.4) is 0 Å². The molecule has 6 nitrogen and oxygen atoms in total. The van der Waals surface area contributed by atoms with Crippen LogP contribution in [0.4, 0.5) is 11.6 Å². The highest BCUT2D eigenvalue weighted by molar-refractivity contribution is 6.34.